The largest absolute Gasteiger partial charge is 0.467 e. The maximum Gasteiger partial charge on any atom is 0.242 e. The first-order valence-corrected chi connectivity index (χ1v) is 9.19. The van der Waals surface area contributed by atoms with Crippen LogP contribution in [0.1, 0.15) is 45.8 Å². The Morgan fingerprint density at radius 1 is 1.28 bits per heavy atom. The van der Waals surface area contributed by atoms with Crippen LogP contribution in [-0.2, 0) is 20.9 Å². The van der Waals surface area contributed by atoms with E-state index in [1.165, 1.54) is 0 Å². The summed E-state index contributed by atoms with van der Waals surface area (Å²) in [5, 5.41) is 0. The number of carbonyl (C=O) groups excluding carboxylic acids is 2. The van der Waals surface area contributed by atoms with Crippen molar-refractivity contribution in [2.24, 2.45) is 5.92 Å². The average molecular weight is 350 g/mol. The van der Waals surface area contributed by atoms with Gasteiger partial charge in [0.2, 0.25) is 11.8 Å². The van der Waals surface area contributed by atoms with Gasteiger partial charge in [-0.05, 0) is 30.9 Å². The van der Waals surface area contributed by atoms with Gasteiger partial charge in [-0.25, -0.2) is 0 Å². The molecule has 1 saturated heterocycles. The zero-order valence-electron chi connectivity index (χ0n) is 15.6. The second kappa shape index (κ2) is 9.61. The fourth-order valence-electron chi connectivity index (χ4n) is 3.06. The first kappa shape index (κ1) is 19.5. The summed E-state index contributed by atoms with van der Waals surface area (Å²) < 4.78 is 11.1. The Morgan fingerprint density at radius 2 is 2.08 bits per heavy atom. The Kier molecular flexibility index (Phi) is 7.50. The quantitative estimate of drug-likeness (QED) is 0.687. The van der Waals surface area contributed by atoms with Gasteiger partial charge < -0.3 is 19.0 Å². The molecular weight excluding hydrogens is 320 g/mol. The molecule has 0 aliphatic carbocycles. The smallest absolute Gasteiger partial charge is 0.242 e. The SMILES string of the molecule is CCC(=O)N(CC(=O)N(Cc1ccco1)C[C@@H]1CCCO1)CC(C)C. The number of hydrogen-bond acceptors (Lipinski definition) is 4. The van der Waals surface area contributed by atoms with E-state index in [4.69, 9.17) is 9.15 Å². The summed E-state index contributed by atoms with van der Waals surface area (Å²) in [5.74, 6) is 1.01. The van der Waals surface area contributed by atoms with E-state index >= 15 is 0 Å². The van der Waals surface area contributed by atoms with Gasteiger partial charge in [0.15, 0.2) is 0 Å². The van der Waals surface area contributed by atoms with Crippen LogP contribution in [0, 0.1) is 5.92 Å². The van der Waals surface area contributed by atoms with Crippen molar-refractivity contribution in [3.05, 3.63) is 24.2 Å². The Balaban J connectivity index is 2.04. The summed E-state index contributed by atoms with van der Waals surface area (Å²) in [6, 6.07) is 3.68. The lowest BCUT2D eigenvalue weighted by molar-refractivity contribution is -0.142. The number of furan rings is 1. The average Bonchev–Trinajstić information content (AvgIpc) is 3.26. The first-order chi connectivity index (χ1) is 12.0. The molecule has 1 aliphatic rings. The minimum absolute atomic E-state index is 0.0112. The third-order valence-electron chi connectivity index (χ3n) is 4.29. The molecular formula is C19H30N2O4. The van der Waals surface area contributed by atoms with Gasteiger partial charge in [0.25, 0.3) is 0 Å². The van der Waals surface area contributed by atoms with Crippen LogP contribution in [0.25, 0.3) is 0 Å². The second-order valence-electron chi connectivity index (χ2n) is 7.01. The zero-order valence-corrected chi connectivity index (χ0v) is 15.6. The van der Waals surface area contributed by atoms with Crippen molar-refractivity contribution >= 4 is 11.8 Å². The maximum absolute atomic E-state index is 12.9. The molecule has 0 spiro atoms. The maximum atomic E-state index is 12.9. The van der Waals surface area contributed by atoms with Crippen LogP contribution >= 0.6 is 0 Å². The summed E-state index contributed by atoms with van der Waals surface area (Å²) >= 11 is 0. The van der Waals surface area contributed by atoms with Crippen LogP contribution < -0.4 is 0 Å². The lowest BCUT2D eigenvalue weighted by Gasteiger charge is -2.29. The van der Waals surface area contributed by atoms with Crippen molar-refractivity contribution < 1.29 is 18.7 Å². The number of amides is 2. The molecule has 2 heterocycles. The minimum Gasteiger partial charge on any atom is -0.467 e. The molecule has 6 heteroatoms. The first-order valence-electron chi connectivity index (χ1n) is 9.19. The molecule has 0 aromatic carbocycles. The highest BCUT2D eigenvalue weighted by Gasteiger charge is 2.26. The monoisotopic (exact) mass is 350 g/mol. The molecule has 0 N–H and O–H groups in total. The van der Waals surface area contributed by atoms with Crippen LogP contribution in [0.2, 0.25) is 0 Å². The summed E-state index contributed by atoms with van der Waals surface area (Å²) in [6.45, 7) is 8.32. The van der Waals surface area contributed by atoms with E-state index in [1.807, 2.05) is 32.9 Å². The predicted octanol–water partition coefficient (Wildman–Crippen LogP) is 2.68. The predicted molar refractivity (Wildman–Crippen MR) is 94.8 cm³/mol. The van der Waals surface area contributed by atoms with Crippen LogP contribution in [0.15, 0.2) is 22.8 Å². The van der Waals surface area contributed by atoms with Gasteiger partial charge in [0.1, 0.15) is 5.76 Å². The van der Waals surface area contributed by atoms with Gasteiger partial charge in [-0.3, -0.25) is 9.59 Å². The van der Waals surface area contributed by atoms with Gasteiger partial charge in [0, 0.05) is 26.1 Å². The summed E-state index contributed by atoms with van der Waals surface area (Å²) in [4.78, 5) is 28.5. The summed E-state index contributed by atoms with van der Waals surface area (Å²) in [7, 11) is 0. The van der Waals surface area contributed by atoms with Crippen LogP contribution in [0.5, 0.6) is 0 Å². The molecule has 0 radical (unpaired) electrons. The van der Waals surface area contributed by atoms with E-state index in [1.54, 1.807) is 16.1 Å². The topological polar surface area (TPSA) is 63.0 Å². The Bertz CT molecular complexity index is 536. The lowest BCUT2D eigenvalue weighted by atomic mass is 10.2. The molecule has 140 valence electrons. The number of carbonyl (C=O) groups is 2. The number of ether oxygens (including phenoxy) is 1. The van der Waals surface area contributed by atoms with Gasteiger partial charge in [-0.15, -0.1) is 0 Å². The van der Waals surface area contributed by atoms with Gasteiger partial charge in [0.05, 0.1) is 25.5 Å². The second-order valence-corrected chi connectivity index (χ2v) is 7.01. The van der Waals surface area contributed by atoms with Gasteiger partial charge >= 0.3 is 0 Å². The summed E-state index contributed by atoms with van der Waals surface area (Å²) in [5.41, 5.74) is 0. The molecule has 25 heavy (non-hydrogen) atoms. The molecule has 1 fully saturated rings. The van der Waals surface area contributed by atoms with Crippen molar-refractivity contribution in [2.75, 3.05) is 26.2 Å². The zero-order chi connectivity index (χ0) is 18.2. The Labute approximate surface area is 150 Å². The molecule has 1 aromatic rings. The molecule has 2 rings (SSSR count). The van der Waals surface area contributed by atoms with E-state index in [9.17, 15) is 9.59 Å². The van der Waals surface area contributed by atoms with E-state index in [2.05, 4.69) is 0 Å². The van der Waals surface area contributed by atoms with Crippen LogP contribution in [0.4, 0.5) is 0 Å². The third kappa shape index (κ3) is 6.20. The molecule has 1 atom stereocenters. The molecule has 2 amide bonds. The van der Waals surface area contributed by atoms with Crippen molar-refractivity contribution in [3.63, 3.8) is 0 Å². The highest BCUT2D eigenvalue weighted by Crippen LogP contribution is 2.16. The number of rotatable bonds is 9. The highest BCUT2D eigenvalue weighted by atomic mass is 16.5. The highest BCUT2D eigenvalue weighted by molar-refractivity contribution is 5.84. The number of hydrogen-bond donors (Lipinski definition) is 0. The molecule has 0 bridgehead atoms. The third-order valence-corrected chi connectivity index (χ3v) is 4.29. The van der Waals surface area contributed by atoms with E-state index in [0.29, 0.717) is 32.0 Å². The van der Waals surface area contributed by atoms with E-state index in [-0.39, 0.29) is 24.5 Å². The fourth-order valence-corrected chi connectivity index (χ4v) is 3.06. The fraction of sp³-hybridized carbons (Fsp3) is 0.684. The molecule has 0 unspecified atom stereocenters. The lowest BCUT2D eigenvalue weighted by Crippen LogP contribution is -2.45. The van der Waals surface area contributed by atoms with Crippen molar-refractivity contribution in [1.29, 1.82) is 0 Å². The van der Waals surface area contributed by atoms with E-state index < -0.39 is 0 Å². The minimum atomic E-state index is -0.0608. The molecule has 0 saturated carbocycles. The standard InChI is InChI=1S/C19H30N2O4/c1-4-18(22)20(11-15(2)3)14-19(23)21(12-16-7-5-9-24-16)13-17-8-6-10-25-17/h5,7,9,15,17H,4,6,8,10-14H2,1-3H3/t17-/m0/s1. The summed E-state index contributed by atoms with van der Waals surface area (Å²) in [6.07, 6.45) is 4.08. The van der Waals surface area contributed by atoms with Crippen LogP contribution in [-0.4, -0.2) is 54.0 Å². The van der Waals surface area contributed by atoms with Gasteiger partial charge in [-0.2, -0.15) is 0 Å². The van der Waals surface area contributed by atoms with Crippen molar-refractivity contribution in [3.8, 4) is 0 Å². The van der Waals surface area contributed by atoms with Crippen molar-refractivity contribution in [2.45, 2.75) is 52.7 Å². The number of nitrogens with zero attached hydrogens (tertiary/aromatic N) is 2. The van der Waals surface area contributed by atoms with E-state index in [0.717, 1.165) is 25.2 Å². The molecule has 1 aromatic heterocycles. The Morgan fingerprint density at radius 3 is 2.64 bits per heavy atom. The normalized spacial score (nSPS) is 17.0. The van der Waals surface area contributed by atoms with Crippen molar-refractivity contribution in [1.82, 2.24) is 9.80 Å². The molecule has 6 nitrogen and oxygen atoms in total. The van der Waals surface area contributed by atoms with Crippen LogP contribution in [0.3, 0.4) is 0 Å². The molecule has 1 aliphatic heterocycles. The van der Waals surface area contributed by atoms with Gasteiger partial charge in [-0.1, -0.05) is 20.8 Å². The Hall–Kier alpha value is -1.82.